The molecule has 3 rings (SSSR count). The third kappa shape index (κ3) is 4.80. The second-order valence-corrected chi connectivity index (χ2v) is 9.93. The molecule has 6 heteroatoms. The summed E-state index contributed by atoms with van der Waals surface area (Å²) in [5.41, 5.74) is 1.11. The predicted molar refractivity (Wildman–Crippen MR) is 111 cm³/mol. The van der Waals surface area contributed by atoms with Crippen LogP contribution in [0.25, 0.3) is 0 Å². The molecule has 1 atom stereocenters. The van der Waals surface area contributed by atoms with Crippen molar-refractivity contribution in [1.82, 2.24) is 9.80 Å². The van der Waals surface area contributed by atoms with Crippen molar-refractivity contribution in [3.8, 4) is 0 Å². The summed E-state index contributed by atoms with van der Waals surface area (Å²) in [6.45, 7) is 11.5. The van der Waals surface area contributed by atoms with Gasteiger partial charge >= 0.3 is 6.09 Å². The van der Waals surface area contributed by atoms with Crippen LogP contribution < -0.4 is 0 Å². The topological polar surface area (TPSA) is 49.9 Å². The molecule has 0 radical (unpaired) electrons. The molecular formula is C22H31ClN2O3. The molecule has 28 heavy (non-hydrogen) atoms. The summed E-state index contributed by atoms with van der Waals surface area (Å²) < 4.78 is 5.51. The average molecular weight is 407 g/mol. The van der Waals surface area contributed by atoms with Crippen LogP contribution in [-0.2, 0) is 4.74 Å². The van der Waals surface area contributed by atoms with Gasteiger partial charge in [-0.3, -0.25) is 4.79 Å². The number of ether oxygens (including phenoxy) is 1. The smallest absolute Gasteiger partial charge is 0.410 e. The van der Waals surface area contributed by atoms with Gasteiger partial charge in [-0.05, 0) is 70.1 Å². The number of nitrogens with zero attached hydrogens (tertiary/aromatic N) is 2. The molecule has 1 saturated heterocycles. The maximum absolute atomic E-state index is 13.4. The maximum atomic E-state index is 13.4. The zero-order valence-electron chi connectivity index (χ0n) is 17.5. The number of hydrogen-bond acceptors (Lipinski definition) is 3. The van der Waals surface area contributed by atoms with Gasteiger partial charge in [0.1, 0.15) is 5.60 Å². The van der Waals surface area contributed by atoms with Crippen LogP contribution in [-0.4, -0.2) is 53.1 Å². The zero-order valence-corrected chi connectivity index (χ0v) is 18.3. The van der Waals surface area contributed by atoms with E-state index in [1.165, 1.54) is 0 Å². The van der Waals surface area contributed by atoms with Crippen LogP contribution >= 0.6 is 11.6 Å². The lowest BCUT2D eigenvalue weighted by molar-refractivity contribution is 0.0272. The fourth-order valence-electron chi connectivity index (χ4n) is 3.63. The van der Waals surface area contributed by atoms with Crippen LogP contribution in [0.1, 0.15) is 62.9 Å². The van der Waals surface area contributed by atoms with Crippen molar-refractivity contribution < 1.29 is 14.3 Å². The van der Waals surface area contributed by atoms with E-state index in [2.05, 4.69) is 6.92 Å². The van der Waals surface area contributed by atoms with E-state index in [0.29, 0.717) is 30.2 Å². The molecule has 2 fully saturated rings. The van der Waals surface area contributed by atoms with E-state index in [0.717, 1.165) is 24.8 Å². The third-order valence-corrected chi connectivity index (χ3v) is 6.08. The summed E-state index contributed by atoms with van der Waals surface area (Å²) in [5, 5.41) is 0.602. The second kappa shape index (κ2) is 7.58. The lowest BCUT2D eigenvalue weighted by Crippen LogP contribution is -2.46. The lowest BCUT2D eigenvalue weighted by Gasteiger charge is -2.32. The molecule has 0 bridgehead atoms. The van der Waals surface area contributed by atoms with Gasteiger partial charge in [0.25, 0.3) is 5.91 Å². The first-order valence-corrected chi connectivity index (χ1v) is 10.4. The molecule has 1 aromatic rings. The van der Waals surface area contributed by atoms with Gasteiger partial charge in [-0.15, -0.1) is 0 Å². The van der Waals surface area contributed by atoms with Gasteiger partial charge in [0.05, 0.1) is 6.04 Å². The van der Waals surface area contributed by atoms with Crippen molar-refractivity contribution in [2.75, 3.05) is 19.6 Å². The van der Waals surface area contributed by atoms with Gasteiger partial charge in [0.15, 0.2) is 0 Å². The summed E-state index contributed by atoms with van der Waals surface area (Å²) in [5.74, 6) is 0.00386. The Balaban J connectivity index is 1.78. The van der Waals surface area contributed by atoms with Crippen molar-refractivity contribution in [2.24, 2.45) is 5.41 Å². The summed E-state index contributed by atoms with van der Waals surface area (Å²) >= 11 is 6.25. The number of hydrogen-bond donors (Lipinski definition) is 0. The molecule has 0 aromatic heterocycles. The van der Waals surface area contributed by atoms with Crippen LogP contribution in [0.2, 0.25) is 5.02 Å². The van der Waals surface area contributed by atoms with Crippen molar-refractivity contribution in [1.29, 1.82) is 0 Å². The minimum Gasteiger partial charge on any atom is -0.444 e. The van der Waals surface area contributed by atoms with Crippen LogP contribution in [0, 0.1) is 12.3 Å². The standard InChI is InChI=1S/C22H31ClN2O3/c1-15-17(7-6-8-18(15)23)19(26)25(14-22(5)10-11-22)16-9-12-24(13-16)20(27)28-21(2,3)4/h6-8,16H,9-14H2,1-5H3/t16-/m0/s1. The molecule has 2 amide bonds. The van der Waals surface area contributed by atoms with Gasteiger partial charge in [-0.25, -0.2) is 4.79 Å². The lowest BCUT2D eigenvalue weighted by atomic mass is 10.0. The van der Waals surface area contributed by atoms with E-state index < -0.39 is 5.60 Å². The summed E-state index contributed by atoms with van der Waals surface area (Å²) in [7, 11) is 0. The van der Waals surface area contributed by atoms with Gasteiger partial charge in [-0.2, -0.15) is 0 Å². The average Bonchev–Trinajstić information content (AvgIpc) is 3.13. The number of halogens is 1. The molecule has 5 nitrogen and oxygen atoms in total. The molecule has 0 spiro atoms. The van der Waals surface area contributed by atoms with Crippen LogP contribution in [0.15, 0.2) is 18.2 Å². The number of likely N-dealkylation sites (tertiary alicyclic amines) is 1. The van der Waals surface area contributed by atoms with E-state index in [-0.39, 0.29) is 23.5 Å². The number of amides is 2. The summed E-state index contributed by atoms with van der Waals surface area (Å²) in [6, 6.07) is 5.46. The monoisotopic (exact) mass is 406 g/mol. The number of rotatable bonds is 4. The number of carbonyl (C=O) groups excluding carboxylic acids is 2. The van der Waals surface area contributed by atoms with E-state index in [1.807, 2.05) is 44.7 Å². The Hall–Kier alpha value is -1.75. The Bertz CT molecular complexity index is 768. The quantitative estimate of drug-likeness (QED) is 0.714. The van der Waals surface area contributed by atoms with E-state index in [4.69, 9.17) is 16.3 Å². The van der Waals surface area contributed by atoms with Gasteiger partial charge in [-0.1, -0.05) is 24.6 Å². The van der Waals surface area contributed by atoms with Crippen molar-refractivity contribution in [3.63, 3.8) is 0 Å². The molecule has 1 aliphatic carbocycles. The molecule has 154 valence electrons. The molecule has 1 aliphatic heterocycles. The second-order valence-electron chi connectivity index (χ2n) is 9.52. The van der Waals surface area contributed by atoms with Gasteiger partial charge < -0.3 is 14.5 Å². The first-order chi connectivity index (χ1) is 13.0. The van der Waals surface area contributed by atoms with E-state index >= 15 is 0 Å². The molecule has 1 heterocycles. The fourth-order valence-corrected chi connectivity index (χ4v) is 3.81. The molecule has 0 N–H and O–H groups in total. The molecule has 1 saturated carbocycles. The van der Waals surface area contributed by atoms with Gasteiger partial charge in [0, 0.05) is 30.2 Å². The SMILES string of the molecule is Cc1c(Cl)cccc1C(=O)N(CC1(C)CC1)[C@H]1CCN(C(=O)OC(C)(C)C)C1. The Kier molecular flexibility index (Phi) is 5.68. The molecule has 2 aliphatic rings. The number of carbonyl (C=O) groups is 2. The Morgan fingerprint density at radius 2 is 2.00 bits per heavy atom. The van der Waals surface area contributed by atoms with Gasteiger partial charge in [0.2, 0.25) is 0 Å². The first-order valence-electron chi connectivity index (χ1n) is 10.0. The van der Waals surface area contributed by atoms with E-state index in [1.54, 1.807) is 11.0 Å². The summed E-state index contributed by atoms with van der Waals surface area (Å²) in [6.07, 6.45) is 2.72. The highest BCUT2D eigenvalue weighted by atomic mass is 35.5. The van der Waals surface area contributed by atoms with E-state index in [9.17, 15) is 9.59 Å². The first kappa shape index (κ1) is 21.0. The van der Waals surface area contributed by atoms with Crippen LogP contribution in [0.4, 0.5) is 4.79 Å². The molecular weight excluding hydrogens is 376 g/mol. The number of benzene rings is 1. The Labute approximate surface area is 173 Å². The predicted octanol–water partition coefficient (Wildman–Crippen LogP) is 4.90. The highest BCUT2D eigenvalue weighted by Gasteiger charge is 2.44. The normalized spacial score (nSPS) is 20.8. The van der Waals surface area contributed by atoms with Crippen LogP contribution in [0.3, 0.4) is 0 Å². The Morgan fingerprint density at radius 3 is 2.61 bits per heavy atom. The van der Waals surface area contributed by atoms with Crippen molar-refractivity contribution >= 4 is 23.6 Å². The largest absolute Gasteiger partial charge is 0.444 e. The third-order valence-electron chi connectivity index (χ3n) is 5.67. The van der Waals surface area contributed by atoms with Crippen molar-refractivity contribution in [3.05, 3.63) is 34.3 Å². The van der Waals surface area contributed by atoms with Crippen LogP contribution in [0.5, 0.6) is 0 Å². The fraction of sp³-hybridized carbons (Fsp3) is 0.636. The molecule has 1 aromatic carbocycles. The zero-order chi connectivity index (χ0) is 20.7. The molecule has 0 unspecified atom stereocenters. The van der Waals surface area contributed by atoms with Crippen molar-refractivity contribution in [2.45, 2.75) is 65.5 Å². The Morgan fingerprint density at radius 1 is 1.32 bits per heavy atom. The summed E-state index contributed by atoms with van der Waals surface area (Å²) in [4.78, 5) is 29.6. The minimum atomic E-state index is -0.524. The minimum absolute atomic E-state index is 0.00386. The highest BCUT2D eigenvalue weighted by molar-refractivity contribution is 6.31. The highest BCUT2D eigenvalue weighted by Crippen LogP contribution is 2.46. The maximum Gasteiger partial charge on any atom is 0.410 e.